The zero-order valence-corrected chi connectivity index (χ0v) is 25.0. The third-order valence-electron chi connectivity index (χ3n) is 6.88. The molecular weight excluding hydrogens is 458 g/mol. The first-order chi connectivity index (χ1) is 15.9. The summed E-state index contributed by atoms with van der Waals surface area (Å²) in [5.41, 5.74) is 3.46. The quantitative estimate of drug-likeness (QED) is 0.327. The molecule has 1 amide bonds. The molecule has 0 aromatic rings. The van der Waals surface area contributed by atoms with Gasteiger partial charge in [0.15, 0.2) is 5.79 Å². The molecule has 0 aromatic heterocycles. The molecule has 0 spiro atoms. The minimum Gasteiger partial charge on any atom is -0.459 e. The normalized spacial score (nSPS) is 27.9. The molecular formula is C28H51NO5Si. The van der Waals surface area contributed by atoms with Crippen molar-refractivity contribution >= 4 is 20.0 Å². The highest BCUT2D eigenvalue weighted by atomic mass is 28.3. The Morgan fingerprint density at radius 3 is 2.26 bits per heavy atom. The Bertz CT molecular complexity index is 767. The van der Waals surface area contributed by atoms with Crippen LogP contribution in [0.4, 0.5) is 0 Å². The first-order valence-electron chi connectivity index (χ1n) is 13.4. The van der Waals surface area contributed by atoms with E-state index >= 15 is 0 Å². The standard InChI is InChI=1S/C28H51NO5Si/c1-20-11-12-21(15-24(30)29-16-25(31)34-26(2,3)4)23(17-35(8,9)10)22(20)13-14-28(7)32-18-27(5,6)19-33-28/h17,20-22H,11-16,18-19H2,1-10H3,(H,29,30)/b23-17-/t20-,21+,22+/m1/s1. The molecule has 0 aromatic carbocycles. The average Bonchev–Trinajstić information content (AvgIpc) is 2.68. The molecule has 35 heavy (non-hydrogen) atoms. The van der Waals surface area contributed by atoms with E-state index in [1.165, 1.54) is 5.57 Å². The molecule has 0 radical (unpaired) electrons. The molecule has 0 unspecified atom stereocenters. The number of ether oxygens (including phenoxy) is 3. The van der Waals surface area contributed by atoms with E-state index in [1.807, 2.05) is 20.8 Å². The summed E-state index contributed by atoms with van der Waals surface area (Å²) in [5.74, 6) is 0.158. The van der Waals surface area contributed by atoms with Crippen molar-refractivity contribution < 1.29 is 23.8 Å². The second kappa shape index (κ2) is 11.5. The number of hydrogen-bond acceptors (Lipinski definition) is 5. The smallest absolute Gasteiger partial charge is 0.325 e. The molecule has 2 rings (SSSR count). The number of nitrogens with one attached hydrogen (secondary N) is 1. The number of allylic oxidation sites excluding steroid dienone is 1. The van der Waals surface area contributed by atoms with Crippen LogP contribution in [0.3, 0.4) is 0 Å². The molecule has 2 aliphatic rings. The van der Waals surface area contributed by atoms with E-state index in [0.29, 0.717) is 31.5 Å². The molecule has 2 fully saturated rings. The summed E-state index contributed by atoms with van der Waals surface area (Å²) < 4.78 is 17.7. The van der Waals surface area contributed by atoms with Crippen LogP contribution in [0.5, 0.6) is 0 Å². The van der Waals surface area contributed by atoms with Crippen molar-refractivity contribution in [3.8, 4) is 0 Å². The second-order valence-electron chi connectivity index (χ2n) is 13.8. The Kier molecular flexibility index (Phi) is 9.85. The lowest BCUT2D eigenvalue weighted by atomic mass is 9.68. The van der Waals surface area contributed by atoms with Gasteiger partial charge < -0.3 is 19.5 Å². The van der Waals surface area contributed by atoms with E-state index in [1.54, 1.807) is 0 Å². The number of carbonyl (C=O) groups excluding carboxylic acids is 2. The van der Waals surface area contributed by atoms with Gasteiger partial charge in [-0.3, -0.25) is 9.59 Å². The minimum atomic E-state index is -1.51. The summed E-state index contributed by atoms with van der Waals surface area (Å²) in [6.45, 7) is 22.6. The Labute approximate surface area is 214 Å². The summed E-state index contributed by atoms with van der Waals surface area (Å²) in [6, 6.07) is 0. The van der Waals surface area contributed by atoms with E-state index in [-0.39, 0.29) is 23.8 Å². The summed E-state index contributed by atoms with van der Waals surface area (Å²) in [6.07, 6.45) is 4.36. The number of hydrogen-bond donors (Lipinski definition) is 1. The number of carbonyl (C=O) groups is 2. The van der Waals surface area contributed by atoms with Gasteiger partial charge >= 0.3 is 5.97 Å². The molecule has 6 nitrogen and oxygen atoms in total. The van der Waals surface area contributed by atoms with E-state index < -0.39 is 25.4 Å². The van der Waals surface area contributed by atoms with Gasteiger partial charge in [-0.15, -0.1) is 0 Å². The van der Waals surface area contributed by atoms with Gasteiger partial charge in [-0.25, -0.2) is 0 Å². The lowest BCUT2D eigenvalue weighted by molar-refractivity contribution is -0.293. The fraction of sp³-hybridized carbons (Fsp3) is 0.857. The van der Waals surface area contributed by atoms with Crippen molar-refractivity contribution in [2.75, 3.05) is 19.8 Å². The zero-order valence-electron chi connectivity index (χ0n) is 24.0. The molecule has 0 bridgehead atoms. The van der Waals surface area contributed by atoms with E-state index in [2.05, 4.69) is 58.4 Å². The highest BCUT2D eigenvalue weighted by Crippen LogP contribution is 2.44. The van der Waals surface area contributed by atoms with Crippen LogP contribution in [-0.4, -0.2) is 51.1 Å². The predicted octanol–water partition coefficient (Wildman–Crippen LogP) is 5.87. The van der Waals surface area contributed by atoms with Crippen LogP contribution in [-0.2, 0) is 23.8 Å². The van der Waals surface area contributed by atoms with Crippen molar-refractivity contribution in [2.45, 2.75) is 112 Å². The molecule has 1 saturated carbocycles. The van der Waals surface area contributed by atoms with Gasteiger partial charge in [0.2, 0.25) is 5.91 Å². The Hall–Kier alpha value is -1.18. The molecule has 1 heterocycles. The molecule has 1 N–H and O–H groups in total. The van der Waals surface area contributed by atoms with E-state index in [0.717, 1.165) is 25.7 Å². The summed E-state index contributed by atoms with van der Waals surface area (Å²) in [7, 11) is -1.51. The number of esters is 1. The monoisotopic (exact) mass is 509 g/mol. The largest absolute Gasteiger partial charge is 0.459 e. The van der Waals surface area contributed by atoms with Crippen LogP contribution in [0.2, 0.25) is 19.6 Å². The Balaban J connectivity index is 2.08. The lowest BCUT2D eigenvalue weighted by Gasteiger charge is -2.44. The number of rotatable bonds is 8. The highest BCUT2D eigenvalue weighted by Gasteiger charge is 2.40. The van der Waals surface area contributed by atoms with Gasteiger partial charge in [0.05, 0.1) is 21.3 Å². The third-order valence-corrected chi connectivity index (χ3v) is 8.08. The fourth-order valence-corrected chi connectivity index (χ4v) is 6.49. The maximum absolute atomic E-state index is 12.8. The van der Waals surface area contributed by atoms with Crippen molar-refractivity contribution in [3.05, 3.63) is 11.3 Å². The van der Waals surface area contributed by atoms with Crippen LogP contribution in [0, 0.1) is 23.2 Å². The Morgan fingerprint density at radius 2 is 1.71 bits per heavy atom. The fourth-order valence-electron chi connectivity index (χ4n) is 5.04. The summed E-state index contributed by atoms with van der Waals surface area (Å²) >= 11 is 0. The Morgan fingerprint density at radius 1 is 1.11 bits per heavy atom. The third kappa shape index (κ3) is 10.4. The van der Waals surface area contributed by atoms with Gasteiger partial charge in [-0.05, 0) is 64.7 Å². The number of amides is 1. The van der Waals surface area contributed by atoms with Crippen LogP contribution < -0.4 is 5.32 Å². The van der Waals surface area contributed by atoms with Crippen LogP contribution in [0.1, 0.15) is 80.6 Å². The van der Waals surface area contributed by atoms with Gasteiger partial charge in [0, 0.05) is 18.3 Å². The van der Waals surface area contributed by atoms with Gasteiger partial charge in [0.1, 0.15) is 12.1 Å². The molecule has 7 heteroatoms. The van der Waals surface area contributed by atoms with Crippen molar-refractivity contribution in [1.82, 2.24) is 5.32 Å². The van der Waals surface area contributed by atoms with Crippen LogP contribution in [0.15, 0.2) is 11.3 Å². The van der Waals surface area contributed by atoms with Crippen molar-refractivity contribution in [1.29, 1.82) is 0 Å². The average molecular weight is 510 g/mol. The van der Waals surface area contributed by atoms with Crippen molar-refractivity contribution in [2.24, 2.45) is 23.2 Å². The van der Waals surface area contributed by atoms with E-state index in [4.69, 9.17) is 14.2 Å². The minimum absolute atomic E-state index is 0.0539. The maximum atomic E-state index is 12.8. The molecule has 1 saturated heterocycles. The predicted molar refractivity (Wildman–Crippen MR) is 144 cm³/mol. The second-order valence-corrected chi connectivity index (χ2v) is 18.9. The van der Waals surface area contributed by atoms with Gasteiger partial charge in [-0.1, -0.05) is 51.7 Å². The topological polar surface area (TPSA) is 73.9 Å². The lowest BCUT2D eigenvalue weighted by Crippen LogP contribution is -2.46. The zero-order chi connectivity index (χ0) is 26.7. The van der Waals surface area contributed by atoms with E-state index in [9.17, 15) is 9.59 Å². The highest BCUT2D eigenvalue weighted by molar-refractivity contribution is 6.81. The molecule has 3 atom stereocenters. The van der Waals surface area contributed by atoms with Gasteiger partial charge in [-0.2, -0.15) is 0 Å². The molecule has 202 valence electrons. The summed E-state index contributed by atoms with van der Waals surface area (Å²) in [4.78, 5) is 24.9. The van der Waals surface area contributed by atoms with Crippen LogP contribution in [0.25, 0.3) is 0 Å². The SMILES string of the molecule is C[C@@H]1CC[C@@H](CC(=O)NCC(=O)OC(C)(C)C)/C(=C/[Si](C)(C)C)[C@H]1CCC1(C)OCC(C)(C)CO1. The van der Waals surface area contributed by atoms with Crippen LogP contribution >= 0.6 is 0 Å². The first-order valence-corrected chi connectivity index (χ1v) is 16.9. The first kappa shape index (κ1) is 30.0. The maximum Gasteiger partial charge on any atom is 0.325 e. The summed E-state index contributed by atoms with van der Waals surface area (Å²) in [5, 5.41) is 2.79. The van der Waals surface area contributed by atoms with Gasteiger partial charge in [0.25, 0.3) is 0 Å². The molecule has 1 aliphatic heterocycles. The van der Waals surface area contributed by atoms with Crippen molar-refractivity contribution in [3.63, 3.8) is 0 Å². The molecule has 1 aliphatic carbocycles.